The van der Waals surface area contributed by atoms with Crippen molar-refractivity contribution in [3.8, 4) is 16.9 Å². The standard InChI is InChI=1S/C22H22FN3O3S/c23-19-8-6-17(7-9-19)22-18(14-26(25-22)20-4-2-1-3-5-20)13-24-21(27)12-16-10-11-30(28,29)15-16/h1-9,14,16H,10-13,15H2,(H,24,27)/t16-/m1/s1. The van der Waals surface area contributed by atoms with E-state index in [4.69, 9.17) is 0 Å². The zero-order chi connectivity index (χ0) is 21.1. The van der Waals surface area contributed by atoms with Crippen molar-refractivity contribution >= 4 is 15.7 Å². The van der Waals surface area contributed by atoms with Gasteiger partial charge in [0.15, 0.2) is 9.84 Å². The van der Waals surface area contributed by atoms with Crippen LogP contribution in [0.3, 0.4) is 0 Å². The van der Waals surface area contributed by atoms with Crippen molar-refractivity contribution in [1.29, 1.82) is 0 Å². The minimum atomic E-state index is -3.01. The van der Waals surface area contributed by atoms with Crippen LogP contribution in [-0.2, 0) is 21.2 Å². The van der Waals surface area contributed by atoms with Crippen molar-refractivity contribution in [2.45, 2.75) is 19.4 Å². The van der Waals surface area contributed by atoms with E-state index in [1.54, 1.807) is 16.8 Å². The summed E-state index contributed by atoms with van der Waals surface area (Å²) >= 11 is 0. The number of nitrogens with zero attached hydrogens (tertiary/aromatic N) is 2. The first-order valence-corrected chi connectivity index (χ1v) is 11.6. The summed E-state index contributed by atoms with van der Waals surface area (Å²) in [7, 11) is -3.01. The number of nitrogens with one attached hydrogen (secondary N) is 1. The highest BCUT2D eigenvalue weighted by molar-refractivity contribution is 7.91. The van der Waals surface area contributed by atoms with Gasteiger partial charge in [0.05, 0.1) is 22.9 Å². The zero-order valence-corrected chi connectivity index (χ0v) is 17.1. The summed E-state index contributed by atoms with van der Waals surface area (Å²) in [5.41, 5.74) is 3.06. The predicted octanol–water partition coefficient (Wildman–Crippen LogP) is 3.12. The smallest absolute Gasteiger partial charge is 0.220 e. The Hall–Kier alpha value is -3.00. The van der Waals surface area contributed by atoms with Gasteiger partial charge in [0.25, 0.3) is 0 Å². The second kappa shape index (κ2) is 8.39. The largest absolute Gasteiger partial charge is 0.352 e. The van der Waals surface area contributed by atoms with Crippen LogP contribution in [0.4, 0.5) is 4.39 Å². The summed E-state index contributed by atoms with van der Waals surface area (Å²) in [6.45, 7) is 0.248. The molecule has 0 spiro atoms. The molecular formula is C22H22FN3O3S. The second-order valence-corrected chi connectivity index (χ2v) is 9.77. The van der Waals surface area contributed by atoms with Crippen LogP contribution in [-0.4, -0.2) is 35.6 Å². The van der Waals surface area contributed by atoms with Gasteiger partial charge in [-0.2, -0.15) is 5.10 Å². The molecule has 1 N–H and O–H groups in total. The summed E-state index contributed by atoms with van der Waals surface area (Å²) in [6, 6.07) is 15.6. The highest BCUT2D eigenvalue weighted by Crippen LogP contribution is 2.25. The third kappa shape index (κ3) is 4.76. The summed E-state index contributed by atoms with van der Waals surface area (Å²) in [6.07, 6.45) is 2.56. The third-order valence-electron chi connectivity index (χ3n) is 5.21. The number of hydrogen-bond donors (Lipinski definition) is 1. The molecule has 1 aliphatic rings. The van der Waals surface area contributed by atoms with Crippen molar-refractivity contribution < 1.29 is 17.6 Å². The van der Waals surface area contributed by atoms with Crippen molar-refractivity contribution in [3.63, 3.8) is 0 Å². The van der Waals surface area contributed by atoms with Crippen molar-refractivity contribution in [3.05, 3.63) is 72.2 Å². The van der Waals surface area contributed by atoms with Gasteiger partial charge in [-0.3, -0.25) is 4.79 Å². The normalized spacial score (nSPS) is 17.7. The maximum absolute atomic E-state index is 13.3. The van der Waals surface area contributed by atoms with Crippen LogP contribution in [0.5, 0.6) is 0 Å². The molecule has 1 aromatic heterocycles. The first-order valence-electron chi connectivity index (χ1n) is 9.77. The Morgan fingerprint density at radius 1 is 1.13 bits per heavy atom. The van der Waals surface area contributed by atoms with Crippen LogP contribution < -0.4 is 5.32 Å². The van der Waals surface area contributed by atoms with Gasteiger partial charge in [-0.25, -0.2) is 17.5 Å². The number of sulfone groups is 1. The maximum Gasteiger partial charge on any atom is 0.220 e. The topological polar surface area (TPSA) is 81.1 Å². The van der Waals surface area contributed by atoms with E-state index in [0.717, 1.165) is 16.8 Å². The number of amides is 1. The first-order chi connectivity index (χ1) is 14.4. The van der Waals surface area contributed by atoms with E-state index >= 15 is 0 Å². The maximum atomic E-state index is 13.3. The van der Waals surface area contributed by atoms with Gasteiger partial charge < -0.3 is 5.32 Å². The first kappa shape index (κ1) is 20.3. The van der Waals surface area contributed by atoms with E-state index < -0.39 is 9.84 Å². The summed E-state index contributed by atoms with van der Waals surface area (Å²) < 4.78 is 38.3. The fourth-order valence-electron chi connectivity index (χ4n) is 3.66. The lowest BCUT2D eigenvalue weighted by molar-refractivity contribution is -0.122. The molecule has 0 radical (unpaired) electrons. The lowest BCUT2D eigenvalue weighted by Crippen LogP contribution is -2.25. The predicted molar refractivity (Wildman–Crippen MR) is 112 cm³/mol. The second-order valence-electron chi connectivity index (χ2n) is 7.54. The molecule has 1 saturated heterocycles. The van der Waals surface area contributed by atoms with Gasteiger partial charge in [-0.15, -0.1) is 0 Å². The number of rotatable bonds is 6. The molecule has 1 atom stereocenters. The molecule has 6 nitrogen and oxygen atoms in total. The molecule has 30 heavy (non-hydrogen) atoms. The SMILES string of the molecule is O=C(C[C@H]1CCS(=O)(=O)C1)NCc1cn(-c2ccccc2)nc1-c1ccc(F)cc1. The Balaban J connectivity index is 1.53. The zero-order valence-electron chi connectivity index (χ0n) is 16.3. The van der Waals surface area contributed by atoms with E-state index in [0.29, 0.717) is 12.1 Å². The molecule has 0 aliphatic carbocycles. The van der Waals surface area contributed by atoms with Crippen molar-refractivity contribution in [1.82, 2.24) is 15.1 Å². The minimum Gasteiger partial charge on any atom is -0.352 e. The van der Waals surface area contributed by atoms with Crippen molar-refractivity contribution in [2.75, 3.05) is 11.5 Å². The Labute approximate surface area is 174 Å². The summed E-state index contributed by atoms with van der Waals surface area (Å²) in [5, 5.41) is 7.52. The molecular weight excluding hydrogens is 405 g/mol. The Morgan fingerprint density at radius 3 is 2.53 bits per heavy atom. The number of para-hydroxylation sites is 1. The molecule has 1 fully saturated rings. The van der Waals surface area contributed by atoms with Gasteiger partial charge >= 0.3 is 0 Å². The molecule has 4 rings (SSSR count). The average Bonchev–Trinajstić information content (AvgIpc) is 3.30. The number of carbonyl (C=O) groups is 1. The van der Waals surface area contributed by atoms with Crippen LogP contribution >= 0.6 is 0 Å². The number of halogens is 1. The molecule has 0 saturated carbocycles. The summed E-state index contributed by atoms with van der Waals surface area (Å²) in [4.78, 5) is 12.4. The van der Waals surface area contributed by atoms with Crippen LogP contribution in [0, 0.1) is 11.7 Å². The van der Waals surface area contributed by atoms with Crippen LogP contribution in [0.25, 0.3) is 16.9 Å². The van der Waals surface area contributed by atoms with Crippen LogP contribution in [0.2, 0.25) is 0 Å². The monoisotopic (exact) mass is 427 g/mol. The Bertz CT molecular complexity index is 1140. The highest BCUT2D eigenvalue weighted by atomic mass is 32.2. The summed E-state index contributed by atoms with van der Waals surface area (Å²) in [5.74, 6) is -0.410. The molecule has 3 aromatic rings. The molecule has 0 unspecified atom stereocenters. The highest BCUT2D eigenvalue weighted by Gasteiger charge is 2.29. The van der Waals surface area contributed by atoms with Crippen LogP contribution in [0.15, 0.2) is 60.8 Å². The number of carbonyl (C=O) groups excluding carboxylic acids is 1. The fraction of sp³-hybridized carbons (Fsp3) is 0.273. The van der Waals surface area contributed by atoms with E-state index in [1.165, 1.54) is 12.1 Å². The Morgan fingerprint density at radius 2 is 1.87 bits per heavy atom. The number of benzene rings is 2. The van der Waals surface area contributed by atoms with Gasteiger partial charge in [-0.05, 0) is 48.7 Å². The average molecular weight is 428 g/mol. The number of aromatic nitrogens is 2. The molecule has 1 amide bonds. The van der Waals surface area contributed by atoms with E-state index in [2.05, 4.69) is 10.4 Å². The van der Waals surface area contributed by atoms with Crippen molar-refractivity contribution in [2.24, 2.45) is 5.92 Å². The molecule has 2 heterocycles. The lowest BCUT2D eigenvalue weighted by Gasteiger charge is -2.09. The fourth-order valence-corrected chi connectivity index (χ4v) is 5.53. The molecule has 2 aromatic carbocycles. The van der Waals surface area contributed by atoms with Gasteiger partial charge in [0, 0.05) is 30.3 Å². The molecule has 0 bridgehead atoms. The van der Waals surface area contributed by atoms with Gasteiger partial charge in [-0.1, -0.05) is 18.2 Å². The number of hydrogen-bond acceptors (Lipinski definition) is 4. The quantitative estimate of drug-likeness (QED) is 0.655. The van der Waals surface area contributed by atoms with E-state index in [1.807, 2.05) is 36.5 Å². The van der Waals surface area contributed by atoms with E-state index in [9.17, 15) is 17.6 Å². The van der Waals surface area contributed by atoms with E-state index in [-0.39, 0.29) is 42.1 Å². The molecule has 8 heteroatoms. The Kier molecular flexibility index (Phi) is 5.67. The minimum absolute atomic E-state index is 0.0766. The van der Waals surface area contributed by atoms with Crippen LogP contribution in [0.1, 0.15) is 18.4 Å². The third-order valence-corrected chi connectivity index (χ3v) is 7.04. The molecule has 156 valence electrons. The van der Waals surface area contributed by atoms with Gasteiger partial charge in [0.2, 0.25) is 5.91 Å². The lowest BCUT2D eigenvalue weighted by atomic mass is 10.0. The molecule has 1 aliphatic heterocycles. The van der Waals surface area contributed by atoms with Gasteiger partial charge in [0.1, 0.15) is 5.82 Å².